The zero-order valence-electron chi connectivity index (χ0n) is 18.6. The highest BCUT2D eigenvalue weighted by Crippen LogP contribution is 2.24. The van der Waals surface area contributed by atoms with Gasteiger partial charge in [-0.2, -0.15) is 0 Å². The number of H-pyrrole nitrogens is 2. The van der Waals surface area contributed by atoms with Gasteiger partial charge in [0.1, 0.15) is 5.82 Å². The third kappa shape index (κ3) is 4.03. The summed E-state index contributed by atoms with van der Waals surface area (Å²) in [7, 11) is 0. The number of rotatable bonds is 5. The van der Waals surface area contributed by atoms with E-state index in [4.69, 9.17) is 0 Å². The maximum absolute atomic E-state index is 13.7. The molecule has 2 heterocycles. The number of aryl methyl sites for hydroxylation is 2. The average Bonchev–Trinajstić information content (AvgIpc) is 3.12. The summed E-state index contributed by atoms with van der Waals surface area (Å²) in [5, 5.41) is 1.57. The number of fused-ring (bicyclic) bond motifs is 2. The second-order valence-electron chi connectivity index (χ2n) is 8.31. The van der Waals surface area contributed by atoms with Gasteiger partial charge in [-0.15, -0.1) is 0 Å². The molecule has 6 nitrogen and oxygen atoms in total. The first-order valence-electron chi connectivity index (χ1n) is 10.9. The lowest BCUT2D eigenvalue weighted by Gasteiger charge is -2.23. The van der Waals surface area contributed by atoms with Gasteiger partial charge in [0.15, 0.2) is 0 Å². The van der Waals surface area contributed by atoms with Gasteiger partial charge in [-0.25, -0.2) is 4.98 Å². The molecule has 0 fully saturated rings. The van der Waals surface area contributed by atoms with Crippen LogP contribution in [0, 0.1) is 13.8 Å². The van der Waals surface area contributed by atoms with E-state index in [0.29, 0.717) is 28.8 Å². The Morgan fingerprint density at radius 2 is 1.64 bits per heavy atom. The van der Waals surface area contributed by atoms with Crippen LogP contribution in [0.3, 0.4) is 0 Å². The van der Waals surface area contributed by atoms with E-state index >= 15 is 0 Å². The van der Waals surface area contributed by atoms with E-state index in [0.717, 1.165) is 27.7 Å². The summed E-state index contributed by atoms with van der Waals surface area (Å²) >= 11 is 0. The second kappa shape index (κ2) is 8.39. The van der Waals surface area contributed by atoms with Gasteiger partial charge >= 0.3 is 0 Å². The van der Waals surface area contributed by atoms with Crippen molar-refractivity contribution in [2.45, 2.75) is 26.9 Å². The van der Waals surface area contributed by atoms with Crippen molar-refractivity contribution >= 4 is 27.7 Å². The smallest absolute Gasteiger partial charge is 0.258 e. The normalized spacial score (nSPS) is 11.2. The summed E-state index contributed by atoms with van der Waals surface area (Å²) in [6.45, 7) is 4.67. The Bertz CT molecular complexity index is 1530. The van der Waals surface area contributed by atoms with Crippen molar-refractivity contribution in [1.29, 1.82) is 0 Å². The fourth-order valence-corrected chi connectivity index (χ4v) is 4.17. The molecule has 2 aromatic heterocycles. The lowest BCUT2D eigenvalue weighted by molar-refractivity contribution is 0.0725. The van der Waals surface area contributed by atoms with Gasteiger partial charge in [-0.05, 0) is 55.3 Å². The Labute approximate surface area is 190 Å². The van der Waals surface area contributed by atoms with Crippen LogP contribution < -0.4 is 5.56 Å². The van der Waals surface area contributed by atoms with E-state index in [1.165, 1.54) is 0 Å². The highest BCUT2D eigenvalue weighted by molar-refractivity contribution is 5.99. The van der Waals surface area contributed by atoms with Crippen LogP contribution in [0.2, 0.25) is 0 Å². The minimum absolute atomic E-state index is 0.116. The van der Waals surface area contributed by atoms with Crippen LogP contribution in [0.1, 0.15) is 33.0 Å². The van der Waals surface area contributed by atoms with Gasteiger partial charge in [0.05, 0.1) is 17.4 Å². The van der Waals surface area contributed by atoms with E-state index in [-0.39, 0.29) is 18.0 Å². The predicted molar refractivity (Wildman–Crippen MR) is 130 cm³/mol. The van der Waals surface area contributed by atoms with Crippen LogP contribution in [0.4, 0.5) is 0 Å². The molecular weight excluding hydrogens is 412 g/mol. The van der Waals surface area contributed by atoms with Crippen LogP contribution in [-0.4, -0.2) is 25.8 Å². The van der Waals surface area contributed by atoms with Crippen LogP contribution in [0.5, 0.6) is 0 Å². The molecular formula is C27H24N4O2. The summed E-state index contributed by atoms with van der Waals surface area (Å²) in [5.74, 6) is 0.340. The molecule has 5 aromatic rings. The molecule has 0 unspecified atom stereocenters. The predicted octanol–water partition coefficient (Wildman–Crippen LogP) is 4.86. The van der Waals surface area contributed by atoms with Crippen molar-refractivity contribution in [2.75, 3.05) is 0 Å². The van der Waals surface area contributed by atoms with E-state index in [1.807, 2.05) is 80.6 Å². The van der Waals surface area contributed by atoms with E-state index in [2.05, 4.69) is 15.0 Å². The van der Waals surface area contributed by atoms with Gasteiger partial charge in [-0.1, -0.05) is 42.5 Å². The third-order valence-electron chi connectivity index (χ3n) is 6.06. The zero-order valence-corrected chi connectivity index (χ0v) is 18.6. The molecule has 0 radical (unpaired) electrons. The van der Waals surface area contributed by atoms with Gasteiger partial charge in [0, 0.05) is 28.7 Å². The SMILES string of the molecule is Cc1[nH]c2ccc(C(=O)N(Cc3ccccc3)Cc3nc4ccccc4c(=O)[nH]3)cc2c1C. The first-order chi connectivity index (χ1) is 16.0. The molecule has 0 atom stereocenters. The first kappa shape index (κ1) is 20.7. The minimum Gasteiger partial charge on any atom is -0.358 e. The molecule has 0 spiro atoms. The van der Waals surface area contributed by atoms with E-state index < -0.39 is 0 Å². The van der Waals surface area contributed by atoms with Crippen molar-refractivity contribution in [1.82, 2.24) is 19.9 Å². The van der Waals surface area contributed by atoms with Crippen molar-refractivity contribution < 1.29 is 4.79 Å². The number of aromatic amines is 2. The number of nitrogens with one attached hydrogen (secondary N) is 2. The molecule has 0 aliphatic carbocycles. The molecule has 5 rings (SSSR count). The number of carbonyl (C=O) groups is 1. The van der Waals surface area contributed by atoms with Gasteiger partial charge in [0.2, 0.25) is 0 Å². The van der Waals surface area contributed by atoms with Crippen molar-refractivity contribution in [3.05, 3.63) is 111 Å². The highest BCUT2D eigenvalue weighted by Gasteiger charge is 2.19. The average molecular weight is 437 g/mol. The third-order valence-corrected chi connectivity index (χ3v) is 6.06. The van der Waals surface area contributed by atoms with Crippen LogP contribution >= 0.6 is 0 Å². The van der Waals surface area contributed by atoms with Gasteiger partial charge in [-0.3, -0.25) is 9.59 Å². The Hall–Kier alpha value is -4.19. The molecule has 1 amide bonds. The molecule has 3 aromatic carbocycles. The molecule has 0 aliphatic heterocycles. The van der Waals surface area contributed by atoms with E-state index in [1.54, 1.807) is 11.0 Å². The molecule has 0 saturated carbocycles. The molecule has 0 bridgehead atoms. The maximum atomic E-state index is 13.7. The highest BCUT2D eigenvalue weighted by atomic mass is 16.2. The molecule has 33 heavy (non-hydrogen) atoms. The van der Waals surface area contributed by atoms with Crippen LogP contribution in [0.15, 0.2) is 77.6 Å². The number of carbonyl (C=O) groups excluding carboxylic acids is 1. The van der Waals surface area contributed by atoms with Gasteiger partial charge < -0.3 is 14.9 Å². The summed E-state index contributed by atoms with van der Waals surface area (Å²) in [6, 6.07) is 22.8. The zero-order chi connectivity index (χ0) is 22.9. The minimum atomic E-state index is -0.206. The Kier molecular flexibility index (Phi) is 5.26. The topological polar surface area (TPSA) is 81.8 Å². The number of nitrogens with zero attached hydrogens (tertiary/aromatic N) is 2. The van der Waals surface area contributed by atoms with Crippen molar-refractivity contribution in [2.24, 2.45) is 0 Å². The van der Waals surface area contributed by atoms with Crippen LogP contribution in [0.25, 0.3) is 21.8 Å². The number of aromatic nitrogens is 3. The Balaban J connectivity index is 1.54. The van der Waals surface area contributed by atoms with Gasteiger partial charge in [0.25, 0.3) is 11.5 Å². The summed E-state index contributed by atoms with van der Waals surface area (Å²) < 4.78 is 0. The lowest BCUT2D eigenvalue weighted by Crippen LogP contribution is -2.31. The standard InChI is InChI=1S/C27H24N4O2/c1-17-18(2)28-24-13-12-20(14-22(17)24)27(33)31(15-19-8-4-3-5-9-19)16-25-29-23-11-7-6-10-21(23)26(32)30-25/h3-14,28H,15-16H2,1-2H3,(H,29,30,32). The fourth-order valence-electron chi connectivity index (χ4n) is 4.17. The number of hydrogen-bond donors (Lipinski definition) is 2. The van der Waals surface area contributed by atoms with E-state index in [9.17, 15) is 9.59 Å². The fraction of sp³-hybridized carbons (Fsp3) is 0.148. The Morgan fingerprint density at radius 3 is 2.45 bits per heavy atom. The lowest BCUT2D eigenvalue weighted by atomic mass is 10.1. The first-order valence-corrected chi connectivity index (χ1v) is 10.9. The largest absolute Gasteiger partial charge is 0.358 e. The molecule has 6 heteroatoms. The van der Waals surface area contributed by atoms with Crippen molar-refractivity contribution in [3.8, 4) is 0 Å². The molecule has 2 N–H and O–H groups in total. The van der Waals surface area contributed by atoms with Crippen molar-refractivity contribution in [3.63, 3.8) is 0 Å². The number of hydrogen-bond acceptors (Lipinski definition) is 3. The summed E-state index contributed by atoms with van der Waals surface area (Å²) in [5.41, 5.74) is 5.25. The Morgan fingerprint density at radius 1 is 0.879 bits per heavy atom. The molecule has 0 saturated heterocycles. The maximum Gasteiger partial charge on any atom is 0.258 e. The summed E-state index contributed by atoms with van der Waals surface area (Å²) in [6.07, 6.45) is 0. The monoisotopic (exact) mass is 436 g/mol. The van der Waals surface area contributed by atoms with Crippen LogP contribution in [-0.2, 0) is 13.1 Å². The summed E-state index contributed by atoms with van der Waals surface area (Å²) in [4.78, 5) is 38.7. The number of amides is 1. The molecule has 0 aliphatic rings. The quantitative estimate of drug-likeness (QED) is 0.413. The number of benzene rings is 3. The second-order valence-corrected chi connectivity index (χ2v) is 8.31. The number of para-hydroxylation sites is 1. The molecule has 164 valence electrons.